The number of hydrogen-bond donors (Lipinski definition) is 1. The lowest BCUT2D eigenvalue weighted by atomic mass is 9.89. The first-order valence-electron chi connectivity index (χ1n) is 12.6. The van der Waals surface area contributed by atoms with Crippen LogP contribution in [0.1, 0.15) is 28.8 Å². The minimum atomic E-state index is -1.13. The average molecular weight is 543 g/mol. The Balaban J connectivity index is 1.69. The molecular weight excluding hydrogens is 514 g/mol. The largest absolute Gasteiger partial charge is 0.478 e. The summed E-state index contributed by atoms with van der Waals surface area (Å²) in [6.07, 6.45) is -0.283. The van der Waals surface area contributed by atoms with E-state index in [1.54, 1.807) is 6.07 Å². The molecule has 0 saturated carbocycles. The molecule has 0 spiro atoms. The Kier molecular flexibility index (Phi) is 6.85. The molecule has 5 rings (SSSR count). The summed E-state index contributed by atoms with van der Waals surface area (Å²) in [5.74, 6) is -2.51. The number of fused-ring (bicyclic) bond motifs is 2. The monoisotopic (exact) mass is 542 g/mol. The molecule has 10 heteroatoms. The van der Waals surface area contributed by atoms with Gasteiger partial charge in [0.1, 0.15) is 25.4 Å². The maximum atomic E-state index is 12.6. The van der Waals surface area contributed by atoms with Crippen LogP contribution in [0, 0.1) is 0 Å². The number of hydroxylamine groups is 2. The van der Waals surface area contributed by atoms with Crippen molar-refractivity contribution in [2.45, 2.75) is 19.3 Å². The topological polar surface area (TPSA) is 120 Å². The van der Waals surface area contributed by atoms with Crippen molar-refractivity contribution in [3.8, 4) is 22.5 Å². The molecule has 2 aromatic rings. The number of amides is 2. The Labute approximate surface area is 229 Å². The standard InChI is InChI=1S/C30H27N3O7/c1-31(2)18-6-9-21-24(15-18)39-25-16-19(32(3)4)7-10-22(25)29(21)23-13-17(5-8-20(23)30(37)38)14-28(36)40-33-26(34)11-12-27(33)35/h5-10,13,15-16H,11-12,14H2,1-4H3/p+1. The molecule has 0 aromatic heterocycles. The molecule has 0 atom stereocenters. The Hall–Kier alpha value is -4.99. The van der Waals surface area contributed by atoms with Gasteiger partial charge in [-0.1, -0.05) is 6.07 Å². The molecule has 2 amide bonds. The van der Waals surface area contributed by atoms with Crippen LogP contribution in [-0.4, -0.2) is 62.1 Å². The second-order valence-electron chi connectivity index (χ2n) is 10.0. The molecule has 1 N–H and O–H groups in total. The molecule has 0 bridgehead atoms. The SMILES string of the molecule is CN(C)c1ccc2c(-c3cc(CC(=O)ON4C(=O)CCC4=O)ccc3C(=O)O)c3ccc(=[N+](C)C)cc-3oc2c1. The van der Waals surface area contributed by atoms with Crippen LogP contribution in [0.2, 0.25) is 0 Å². The molecule has 1 saturated heterocycles. The van der Waals surface area contributed by atoms with Gasteiger partial charge in [0.2, 0.25) is 5.36 Å². The van der Waals surface area contributed by atoms with E-state index in [0.717, 1.165) is 11.0 Å². The van der Waals surface area contributed by atoms with Gasteiger partial charge in [-0.3, -0.25) is 9.59 Å². The summed E-state index contributed by atoms with van der Waals surface area (Å²) in [7, 11) is 7.67. The van der Waals surface area contributed by atoms with E-state index in [9.17, 15) is 24.3 Å². The van der Waals surface area contributed by atoms with Crippen molar-refractivity contribution in [2.24, 2.45) is 0 Å². The van der Waals surface area contributed by atoms with Gasteiger partial charge in [-0.05, 0) is 41.5 Å². The third kappa shape index (κ3) is 4.91. The van der Waals surface area contributed by atoms with Gasteiger partial charge in [0, 0.05) is 61.3 Å². The van der Waals surface area contributed by atoms with E-state index < -0.39 is 23.8 Å². The van der Waals surface area contributed by atoms with Crippen molar-refractivity contribution in [3.63, 3.8) is 0 Å². The lowest BCUT2D eigenvalue weighted by Crippen LogP contribution is -2.32. The molecule has 0 unspecified atom stereocenters. The van der Waals surface area contributed by atoms with E-state index in [2.05, 4.69) is 0 Å². The van der Waals surface area contributed by atoms with Gasteiger partial charge < -0.3 is 19.3 Å². The van der Waals surface area contributed by atoms with Gasteiger partial charge in [-0.15, -0.1) is 5.06 Å². The van der Waals surface area contributed by atoms with E-state index in [-0.39, 0.29) is 24.8 Å². The van der Waals surface area contributed by atoms with Gasteiger partial charge in [-0.25, -0.2) is 14.2 Å². The van der Waals surface area contributed by atoms with Crippen LogP contribution in [0.3, 0.4) is 0 Å². The van der Waals surface area contributed by atoms with Crippen molar-refractivity contribution in [3.05, 3.63) is 71.1 Å². The molecule has 1 fully saturated rings. The predicted molar refractivity (Wildman–Crippen MR) is 148 cm³/mol. The molecule has 10 nitrogen and oxygen atoms in total. The lowest BCUT2D eigenvalue weighted by molar-refractivity contribution is -0.197. The van der Waals surface area contributed by atoms with Crippen molar-refractivity contribution in [1.82, 2.24) is 9.64 Å². The zero-order valence-corrected chi connectivity index (χ0v) is 22.6. The van der Waals surface area contributed by atoms with Crippen LogP contribution in [0.5, 0.6) is 0 Å². The number of hydrogen-bond acceptors (Lipinski definition) is 7. The Morgan fingerprint density at radius 2 is 1.70 bits per heavy atom. The van der Waals surface area contributed by atoms with E-state index in [1.807, 2.05) is 74.1 Å². The first-order chi connectivity index (χ1) is 19.0. The number of carbonyl (C=O) groups excluding carboxylic acids is 3. The van der Waals surface area contributed by atoms with E-state index in [0.29, 0.717) is 44.0 Å². The van der Waals surface area contributed by atoms with E-state index in [4.69, 9.17) is 9.25 Å². The highest BCUT2D eigenvalue weighted by atomic mass is 16.7. The number of carboxylic acid groups (broad SMARTS) is 1. The van der Waals surface area contributed by atoms with Crippen LogP contribution < -0.4 is 14.8 Å². The zero-order chi connectivity index (χ0) is 28.7. The highest BCUT2D eigenvalue weighted by Crippen LogP contribution is 2.42. The highest BCUT2D eigenvalue weighted by molar-refractivity contribution is 6.08. The Bertz CT molecular complexity index is 1730. The lowest BCUT2D eigenvalue weighted by Gasteiger charge is -2.19. The maximum absolute atomic E-state index is 12.6. The van der Waals surface area contributed by atoms with Crippen LogP contribution in [0.4, 0.5) is 5.69 Å². The first kappa shape index (κ1) is 26.6. The fraction of sp³-hybridized carbons (Fsp3) is 0.233. The van der Waals surface area contributed by atoms with Crippen molar-refractivity contribution in [1.29, 1.82) is 0 Å². The molecule has 1 aliphatic carbocycles. The highest BCUT2D eigenvalue weighted by Gasteiger charge is 2.33. The second-order valence-corrected chi connectivity index (χ2v) is 10.0. The molecule has 3 aliphatic rings. The van der Waals surface area contributed by atoms with Crippen LogP contribution in [0.25, 0.3) is 33.4 Å². The summed E-state index contributed by atoms with van der Waals surface area (Å²) in [4.78, 5) is 55.7. The number of anilines is 1. The summed E-state index contributed by atoms with van der Waals surface area (Å²) in [6, 6.07) is 16.0. The van der Waals surface area contributed by atoms with E-state index >= 15 is 0 Å². The summed E-state index contributed by atoms with van der Waals surface area (Å²) in [5.41, 5.74) is 3.72. The number of carboxylic acids is 1. The molecule has 2 aliphatic heterocycles. The number of imide groups is 1. The normalized spacial score (nSPS) is 13.2. The number of aromatic carboxylic acids is 1. The summed E-state index contributed by atoms with van der Waals surface area (Å²) in [6.45, 7) is 0. The van der Waals surface area contributed by atoms with Gasteiger partial charge in [0.25, 0.3) is 11.8 Å². The fourth-order valence-electron chi connectivity index (χ4n) is 4.77. The van der Waals surface area contributed by atoms with Crippen LogP contribution in [0.15, 0.2) is 59.0 Å². The van der Waals surface area contributed by atoms with Crippen molar-refractivity contribution >= 4 is 40.4 Å². The van der Waals surface area contributed by atoms with Crippen LogP contribution >= 0.6 is 0 Å². The Morgan fingerprint density at radius 1 is 0.975 bits per heavy atom. The first-order valence-corrected chi connectivity index (χ1v) is 12.6. The Morgan fingerprint density at radius 3 is 2.35 bits per heavy atom. The summed E-state index contributed by atoms with van der Waals surface area (Å²) >= 11 is 0. The van der Waals surface area contributed by atoms with Gasteiger partial charge in [0.15, 0.2) is 0 Å². The third-order valence-corrected chi connectivity index (χ3v) is 6.85. The average Bonchev–Trinajstić information content (AvgIpc) is 3.22. The maximum Gasteiger partial charge on any atom is 0.337 e. The summed E-state index contributed by atoms with van der Waals surface area (Å²) < 4.78 is 8.28. The minimum absolute atomic E-state index is 0.00610. The number of benzene rings is 3. The fourth-order valence-corrected chi connectivity index (χ4v) is 4.77. The van der Waals surface area contributed by atoms with Gasteiger partial charge in [-0.2, -0.15) is 0 Å². The number of rotatable bonds is 6. The zero-order valence-electron chi connectivity index (χ0n) is 22.6. The van der Waals surface area contributed by atoms with Gasteiger partial charge in [0.05, 0.1) is 18.1 Å². The summed E-state index contributed by atoms with van der Waals surface area (Å²) in [5, 5.41) is 12.2. The van der Waals surface area contributed by atoms with E-state index in [1.165, 1.54) is 12.1 Å². The van der Waals surface area contributed by atoms with Crippen molar-refractivity contribution < 1.29 is 33.5 Å². The molecule has 0 radical (unpaired) electrons. The molecule has 2 aromatic carbocycles. The molecule has 2 heterocycles. The number of nitrogens with zero attached hydrogens (tertiary/aromatic N) is 3. The smallest absolute Gasteiger partial charge is 0.337 e. The van der Waals surface area contributed by atoms with Crippen molar-refractivity contribution in [2.75, 3.05) is 33.1 Å². The second kappa shape index (κ2) is 10.3. The number of carbonyl (C=O) groups is 4. The third-order valence-electron chi connectivity index (χ3n) is 6.85. The quantitative estimate of drug-likeness (QED) is 0.224. The van der Waals surface area contributed by atoms with Crippen LogP contribution in [-0.2, 0) is 25.6 Å². The van der Waals surface area contributed by atoms with Gasteiger partial charge >= 0.3 is 11.9 Å². The predicted octanol–water partition coefficient (Wildman–Crippen LogP) is 3.15. The molecule has 204 valence electrons. The molecular formula is C30H28N3O7+. The molecule has 40 heavy (non-hydrogen) atoms. The minimum Gasteiger partial charge on any atom is -0.478 e.